The molecule has 1 N–H and O–H groups in total. The van der Waals surface area contributed by atoms with Crippen LogP contribution in [0.1, 0.15) is 39.2 Å². The van der Waals surface area contributed by atoms with Crippen molar-refractivity contribution in [1.29, 1.82) is 0 Å². The van der Waals surface area contributed by atoms with Crippen LogP contribution in [0.2, 0.25) is 0 Å². The summed E-state index contributed by atoms with van der Waals surface area (Å²) in [5.41, 5.74) is 0.391. The molecular weight excluding hydrogens is 343 g/mol. The van der Waals surface area contributed by atoms with E-state index in [4.69, 9.17) is 5.11 Å². The summed E-state index contributed by atoms with van der Waals surface area (Å²) >= 11 is -1.75. The van der Waals surface area contributed by atoms with Crippen LogP contribution in [0.25, 0.3) is 0 Å². The van der Waals surface area contributed by atoms with Crippen LogP contribution in [0.4, 0.5) is 13.2 Å². The van der Waals surface area contributed by atoms with Crippen LogP contribution < -0.4 is 0 Å². The van der Waals surface area contributed by atoms with E-state index < -0.39 is 47.0 Å². The van der Waals surface area contributed by atoms with E-state index in [9.17, 15) is 22.5 Å². The van der Waals surface area contributed by atoms with Gasteiger partial charge in [-0.3, -0.25) is 4.79 Å². The molecule has 0 heterocycles. The third-order valence-electron chi connectivity index (χ3n) is 3.15. The van der Waals surface area contributed by atoms with E-state index in [0.29, 0.717) is 5.56 Å². The highest BCUT2D eigenvalue weighted by Gasteiger charge is 2.42. The first-order chi connectivity index (χ1) is 10.9. The third-order valence-corrected chi connectivity index (χ3v) is 4.58. The molecule has 1 aromatic rings. The van der Waals surface area contributed by atoms with Crippen LogP contribution in [0.15, 0.2) is 34.7 Å². The maximum Gasteiger partial charge on any atom is 0.392 e. The number of benzene rings is 1. The Morgan fingerprint density at radius 2 is 1.75 bits per heavy atom. The molecule has 0 aromatic heterocycles. The highest BCUT2D eigenvalue weighted by atomic mass is 32.2. The van der Waals surface area contributed by atoms with Gasteiger partial charge in [0.1, 0.15) is 16.1 Å². The first kappa shape index (κ1) is 20.5. The molecule has 0 saturated carbocycles. The maximum absolute atomic E-state index is 13.1. The van der Waals surface area contributed by atoms with Crippen molar-refractivity contribution in [3.8, 4) is 0 Å². The van der Waals surface area contributed by atoms with Gasteiger partial charge in [0.15, 0.2) is 0 Å². The molecule has 1 aromatic carbocycles. The molecule has 4 nitrogen and oxygen atoms in total. The van der Waals surface area contributed by atoms with E-state index >= 15 is 0 Å². The lowest BCUT2D eigenvalue weighted by Crippen LogP contribution is -2.30. The number of carbonyl (C=O) groups is 1. The van der Waals surface area contributed by atoms with Crippen molar-refractivity contribution in [3.05, 3.63) is 35.9 Å². The summed E-state index contributed by atoms with van der Waals surface area (Å²) in [6.07, 6.45) is -6.38. The maximum atomic E-state index is 13.1. The Bertz CT molecular complexity index is 582. The summed E-state index contributed by atoms with van der Waals surface area (Å²) in [6, 6.07) is 8.08. The van der Waals surface area contributed by atoms with E-state index in [1.807, 2.05) is 0 Å². The molecule has 134 valence electrons. The standard InChI is InChI=1S/C16H20F3NO3S/c1-15(2,3)24(23)20-13(11-7-5-4-6-8-11)9-12(10-14(21)22)16(17,18)19/h4-8,12H,9-10H2,1-3H3,(H,21,22)/t12-,24+/m1/s1. The Morgan fingerprint density at radius 1 is 1.21 bits per heavy atom. The molecule has 0 saturated heterocycles. The van der Waals surface area contributed by atoms with Crippen molar-refractivity contribution in [1.82, 2.24) is 0 Å². The van der Waals surface area contributed by atoms with Crippen LogP contribution >= 0.6 is 0 Å². The number of halogens is 3. The van der Waals surface area contributed by atoms with E-state index in [1.165, 1.54) is 0 Å². The number of hydrogen-bond acceptors (Lipinski definition) is 3. The summed E-state index contributed by atoms with van der Waals surface area (Å²) in [6.45, 7) is 4.98. The average molecular weight is 363 g/mol. The van der Waals surface area contributed by atoms with Crippen LogP contribution in [0, 0.1) is 5.92 Å². The van der Waals surface area contributed by atoms with Gasteiger partial charge < -0.3 is 9.66 Å². The van der Waals surface area contributed by atoms with Crippen LogP contribution in [-0.4, -0.2) is 32.3 Å². The van der Waals surface area contributed by atoms with Gasteiger partial charge in [0, 0.05) is 12.0 Å². The number of carboxylic acid groups (broad SMARTS) is 1. The number of nitrogens with zero attached hydrogens (tertiary/aromatic N) is 1. The molecule has 1 rings (SSSR count). The Balaban J connectivity index is 3.22. The number of hydrogen-bond donors (Lipinski definition) is 1. The Morgan fingerprint density at radius 3 is 2.17 bits per heavy atom. The topological polar surface area (TPSA) is 72.7 Å². The normalized spacial score (nSPS) is 15.9. The first-order valence-electron chi connectivity index (χ1n) is 7.24. The Labute approximate surface area is 142 Å². The van der Waals surface area contributed by atoms with Crippen LogP contribution in [0.3, 0.4) is 0 Å². The third kappa shape index (κ3) is 6.52. The van der Waals surface area contributed by atoms with Gasteiger partial charge in [0.05, 0.1) is 18.1 Å². The van der Waals surface area contributed by atoms with Gasteiger partial charge in [-0.2, -0.15) is 13.2 Å². The van der Waals surface area contributed by atoms with Crippen LogP contribution in [-0.2, 0) is 16.2 Å². The highest BCUT2D eigenvalue weighted by molar-refractivity contribution is 7.91. The zero-order valence-corrected chi connectivity index (χ0v) is 14.4. The van der Waals surface area contributed by atoms with Crippen LogP contribution in [0.5, 0.6) is 0 Å². The van der Waals surface area contributed by atoms with Gasteiger partial charge in [-0.1, -0.05) is 34.7 Å². The number of aliphatic carboxylic acids is 1. The van der Waals surface area contributed by atoms with Crippen molar-refractivity contribution < 1.29 is 27.6 Å². The Hall–Kier alpha value is -1.54. The summed E-state index contributed by atoms with van der Waals surface area (Å²) in [4.78, 5) is 10.8. The molecule has 0 amide bonds. The fourth-order valence-corrected chi connectivity index (χ4v) is 2.48. The lowest BCUT2D eigenvalue weighted by atomic mass is 9.94. The first-order valence-corrected chi connectivity index (χ1v) is 8.35. The fourth-order valence-electron chi connectivity index (χ4n) is 1.82. The van der Waals surface area contributed by atoms with E-state index in [-0.39, 0.29) is 5.71 Å². The van der Waals surface area contributed by atoms with Gasteiger partial charge in [-0.25, -0.2) is 0 Å². The van der Waals surface area contributed by atoms with E-state index in [0.717, 1.165) is 0 Å². The zero-order chi connectivity index (χ0) is 18.5. The molecule has 24 heavy (non-hydrogen) atoms. The van der Waals surface area contributed by atoms with E-state index in [2.05, 4.69) is 4.40 Å². The molecular formula is C16H20F3NO3S. The lowest BCUT2D eigenvalue weighted by Gasteiger charge is -2.22. The minimum Gasteiger partial charge on any atom is -0.591 e. The Kier molecular flexibility index (Phi) is 6.86. The molecule has 0 radical (unpaired) electrons. The summed E-state index contributed by atoms with van der Waals surface area (Å²) in [5, 5.41) is 8.74. The molecule has 2 atom stereocenters. The van der Waals surface area contributed by atoms with Crippen molar-refractivity contribution in [2.45, 2.75) is 44.5 Å². The monoisotopic (exact) mass is 363 g/mol. The molecule has 0 aliphatic rings. The smallest absolute Gasteiger partial charge is 0.392 e. The SMILES string of the molecule is CC(C)(C)[S@+]([O-])N=C(C[C@H](CC(=O)O)C(F)(F)F)c1ccccc1. The minimum atomic E-state index is -4.68. The van der Waals surface area contributed by atoms with Gasteiger partial charge >= 0.3 is 12.1 Å². The highest BCUT2D eigenvalue weighted by Crippen LogP contribution is 2.33. The zero-order valence-electron chi connectivity index (χ0n) is 13.6. The van der Waals surface area contributed by atoms with Gasteiger partial charge in [-0.15, -0.1) is 0 Å². The summed E-state index contributed by atoms with van der Waals surface area (Å²) in [5.74, 6) is -3.63. The largest absolute Gasteiger partial charge is 0.591 e. The number of alkyl halides is 3. The van der Waals surface area contributed by atoms with Crippen molar-refractivity contribution in [3.63, 3.8) is 0 Å². The molecule has 0 bridgehead atoms. The number of carboxylic acids is 1. The molecule has 0 unspecified atom stereocenters. The van der Waals surface area contributed by atoms with Crippen molar-refractivity contribution >= 4 is 23.0 Å². The predicted molar refractivity (Wildman–Crippen MR) is 87.3 cm³/mol. The second kappa shape index (κ2) is 8.02. The molecule has 0 fully saturated rings. The molecule has 0 spiro atoms. The molecule has 8 heteroatoms. The van der Waals surface area contributed by atoms with Crippen molar-refractivity contribution in [2.75, 3.05) is 0 Å². The minimum absolute atomic E-state index is 0.00701. The quantitative estimate of drug-likeness (QED) is 0.614. The summed E-state index contributed by atoms with van der Waals surface area (Å²) < 4.78 is 54.9. The van der Waals surface area contributed by atoms with Gasteiger partial charge in [-0.05, 0) is 20.8 Å². The average Bonchev–Trinajstić information content (AvgIpc) is 2.44. The van der Waals surface area contributed by atoms with Crippen molar-refractivity contribution in [2.24, 2.45) is 10.3 Å². The lowest BCUT2D eigenvalue weighted by molar-refractivity contribution is -0.181. The number of rotatable bonds is 6. The second-order valence-electron chi connectivity index (χ2n) is 6.31. The predicted octanol–water partition coefficient (Wildman–Crippen LogP) is 3.98. The molecule has 0 aliphatic carbocycles. The second-order valence-corrected chi connectivity index (χ2v) is 8.21. The van der Waals surface area contributed by atoms with E-state index in [1.54, 1.807) is 51.1 Å². The fraction of sp³-hybridized carbons (Fsp3) is 0.500. The summed E-state index contributed by atoms with van der Waals surface area (Å²) in [7, 11) is 0. The van der Waals surface area contributed by atoms with Gasteiger partial charge in [0.2, 0.25) is 0 Å². The van der Waals surface area contributed by atoms with Gasteiger partial charge in [0.25, 0.3) is 0 Å². The molecule has 0 aliphatic heterocycles.